The van der Waals surface area contributed by atoms with Crippen LogP contribution in [0, 0.1) is 88.8 Å². The standard InChI is InChI=1S/C82H138N2O3/c1-57-49-78(81(86-3)54-66(57)52-76(58-23-11-5-12-24-58)60-37-43-72(44-38-60)83(68-27-15-7-16-28-68)69-29-17-8-18-30-69)64-41-47-74-62(50-64)35-36-63-51-65(42-48-75(63)74)79-56-80(85-2)67(55-82(79)87-4)53-77(59-25-13-6-14-26-59)61-39-45-73(46-40-61)84(70-31-19-9-20-32-70)71-33-21-10-22-34-71/h52-53,57-75,78-82H,5-51,54-56H2,1-4H3/b76-52+,77-53+. The molecule has 0 amide bonds. The molecule has 0 saturated heterocycles. The fourth-order valence-corrected chi connectivity index (χ4v) is 25.8. The summed E-state index contributed by atoms with van der Waals surface area (Å²) >= 11 is 0. The summed E-state index contributed by atoms with van der Waals surface area (Å²) < 4.78 is 20.2. The number of rotatable bonds is 17. The van der Waals surface area contributed by atoms with Gasteiger partial charge in [0, 0.05) is 63.5 Å². The molecule has 0 aliphatic heterocycles. The minimum Gasteiger partial charge on any atom is -0.381 e. The Balaban J connectivity index is 0.618. The summed E-state index contributed by atoms with van der Waals surface area (Å²) in [6.45, 7) is 2.70. The van der Waals surface area contributed by atoms with E-state index in [1.165, 1.54) is 321 Å². The summed E-state index contributed by atoms with van der Waals surface area (Å²) in [5.74, 6) is 12.2. The lowest BCUT2D eigenvalue weighted by atomic mass is 9.52. The number of methoxy groups -OCH3 is 3. The normalized spacial score (nSPS) is 42.2. The summed E-state index contributed by atoms with van der Waals surface area (Å²) in [7, 11) is 6.29. The van der Waals surface area contributed by atoms with Crippen LogP contribution in [0.15, 0.2) is 23.3 Å². The lowest BCUT2D eigenvalue weighted by molar-refractivity contribution is -0.0949. The Morgan fingerprint density at radius 1 is 0.264 bits per heavy atom. The van der Waals surface area contributed by atoms with Gasteiger partial charge in [0.25, 0.3) is 0 Å². The van der Waals surface area contributed by atoms with Gasteiger partial charge in [0.2, 0.25) is 0 Å². The third kappa shape index (κ3) is 15.4. The van der Waals surface area contributed by atoms with Crippen molar-refractivity contribution in [3.63, 3.8) is 0 Å². The van der Waals surface area contributed by atoms with Crippen molar-refractivity contribution in [1.82, 2.24) is 9.80 Å². The van der Waals surface area contributed by atoms with Crippen molar-refractivity contribution in [2.24, 2.45) is 88.8 Å². The summed E-state index contributed by atoms with van der Waals surface area (Å²) in [6.07, 6.45) is 79.8. The van der Waals surface area contributed by atoms with E-state index in [9.17, 15) is 0 Å². The third-order valence-corrected chi connectivity index (χ3v) is 30.2. The number of ether oxygens (including phenoxy) is 3. The van der Waals surface area contributed by atoms with Crippen LogP contribution in [0.5, 0.6) is 0 Å². The van der Waals surface area contributed by atoms with Gasteiger partial charge in [-0.1, -0.05) is 146 Å². The van der Waals surface area contributed by atoms with Crippen LogP contribution >= 0.6 is 0 Å². The van der Waals surface area contributed by atoms with Gasteiger partial charge >= 0.3 is 0 Å². The van der Waals surface area contributed by atoms with Crippen LogP contribution < -0.4 is 0 Å². The Morgan fingerprint density at radius 2 is 0.563 bits per heavy atom. The largest absolute Gasteiger partial charge is 0.381 e. The van der Waals surface area contributed by atoms with Crippen LogP contribution in [-0.4, -0.2) is 85.7 Å². The molecule has 0 radical (unpaired) electrons. The minimum absolute atomic E-state index is 0.342. The maximum Gasteiger partial charge on any atom is 0.0638 e. The Hall–Kier alpha value is -0.720. The molecule has 14 atom stereocenters. The molecule has 0 spiro atoms. The van der Waals surface area contributed by atoms with Crippen LogP contribution in [0.3, 0.4) is 0 Å². The summed E-state index contributed by atoms with van der Waals surface area (Å²) in [4.78, 5) is 6.44. The molecule has 0 aromatic heterocycles. The molecule has 0 aromatic rings. The van der Waals surface area contributed by atoms with E-state index in [-0.39, 0.29) is 0 Å². The first kappa shape index (κ1) is 65.0. The highest BCUT2D eigenvalue weighted by Gasteiger charge is 2.51. The Bertz CT molecular complexity index is 2050. The van der Waals surface area contributed by atoms with Crippen molar-refractivity contribution in [3.05, 3.63) is 23.3 Å². The number of hydrogen-bond acceptors (Lipinski definition) is 5. The van der Waals surface area contributed by atoms with Crippen molar-refractivity contribution in [1.29, 1.82) is 0 Å². The van der Waals surface area contributed by atoms with E-state index in [2.05, 4.69) is 50.2 Å². The summed E-state index contributed by atoms with van der Waals surface area (Å²) in [6, 6.07) is 5.22. The monoisotopic (exact) mass is 1200 g/mol. The first-order chi connectivity index (χ1) is 42.9. The van der Waals surface area contributed by atoms with Crippen molar-refractivity contribution in [2.45, 2.75) is 383 Å². The number of nitrogens with zero attached hydrogens (tertiary/aromatic N) is 2. The Labute approximate surface area is 537 Å². The first-order valence-electron chi connectivity index (χ1n) is 40.5. The molecule has 494 valence electrons. The van der Waals surface area contributed by atoms with Gasteiger partial charge in [-0.2, -0.15) is 0 Å². The molecule has 0 bridgehead atoms. The van der Waals surface area contributed by atoms with Crippen molar-refractivity contribution in [3.8, 4) is 0 Å². The average molecular weight is 1200 g/mol. The molecule has 0 heterocycles. The molecular formula is C82H138N2O3. The zero-order chi connectivity index (χ0) is 59.1. The zero-order valence-corrected chi connectivity index (χ0v) is 57.5. The average Bonchev–Trinajstić information content (AvgIpc) is 2.89. The predicted molar refractivity (Wildman–Crippen MR) is 364 cm³/mol. The number of hydrogen-bond donors (Lipinski definition) is 0. The van der Waals surface area contributed by atoms with Crippen LogP contribution in [0.4, 0.5) is 0 Å². The lowest BCUT2D eigenvalue weighted by Crippen LogP contribution is -2.52. The second kappa shape index (κ2) is 31.7. The quantitative estimate of drug-likeness (QED) is 0.136. The molecule has 14 unspecified atom stereocenters. The van der Waals surface area contributed by atoms with Crippen LogP contribution in [0.1, 0.15) is 328 Å². The number of fused-ring (bicyclic) bond motifs is 3. The third-order valence-electron chi connectivity index (χ3n) is 30.2. The van der Waals surface area contributed by atoms with Crippen molar-refractivity contribution in [2.75, 3.05) is 21.3 Å². The summed E-state index contributed by atoms with van der Waals surface area (Å²) in [5, 5.41) is 0. The topological polar surface area (TPSA) is 34.2 Å². The van der Waals surface area contributed by atoms with Gasteiger partial charge in [-0.25, -0.2) is 0 Å². The van der Waals surface area contributed by atoms with E-state index in [0.29, 0.717) is 36.1 Å². The lowest BCUT2D eigenvalue weighted by Gasteiger charge is -2.54. The highest BCUT2D eigenvalue weighted by atomic mass is 16.5. The molecular weight excluding hydrogens is 1060 g/mol. The van der Waals surface area contributed by atoms with Crippen LogP contribution in [-0.2, 0) is 14.2 Å². The second-order valence-electron chi connectivity index (χ2n) is 34.5. The SMILES string of the molecule is COC1CC(C2CCC3C(CCC4CC(C5CC(C)C(/C=C(\C6CCCCC6)C6CCC(N(C7CCCCC7)C7CCCCC7)CC6)CC5OC)CCC43)C2)C(OC)CC1/C=C(\C1CCCCC1)C1CCC(N(C2CCCCC2)C2CCCCC2)CC1. The van der Waals surface area contributed by atoms with E-state index < -0.39 is 0 Å². The van der Waals surface area contributed by atoms with E-state index in [1.54, 1.807) is 0 Å². The van der Waals surface area contributed by atoms with Crippen LogP contribution in [0.25, 0.3) is 0 Å². The predicted octanol–water partition coefficient (Wildman–Crippen LogP) is 21.6. The molecule has 13 aliphatic carbocycles. The fraction of sp³-hybridized carbons (Fsp3) is 0.951. The molecule has 5 heteroatoms. The van der Waals surface area contributed by atoms with E-state index in [1.807, 2.05) is 11.1 Å². The molecule has 13 fully saturated rings. The first-order valence-corrected chi connectivity index (χ1v) is 40.5. The van der Waals surface area contributed by atoms with Gasteiger partial charge in [-0.05, 0) is 288 Å². The Morgan fingerprint density at radius 3 is 0.943 bits per heavy atom. The smallest absolute Gasteiger partial charge is 0.0638 e. The summed E-state index contributed by atoms with van der Waals surface area (Å²) in [5.41, 5.74) is 3.88. The van der Waals surface area contributed by atoms with Gasteiger partial charge < -0.3 is 14.2 Å². The highest BCUT2D eigenvalue weighted by Crippen LogP contribution is 2.58. The maximum atomic E-state index is 6.76. The molecule has 13 rings (SSSR count). The van der Waals surface area contributed by atoms with E-state index in [4.69, 9.17) is 14.2 Å². The van der Waals surface area contributed by atoms with Gasteiger partial charge in [0.05, 0.1) is 18.3 Å². The Kier molecular flexibility index (Phi) is 23.7. The molecule has 87 heavy (non-hydrogen) atoms. The molecule has 5 nitrogen and oxygen atoms in total. The van der Waals surface area contributed by atoms with Gasteiger partial charge in [0.1, 0.15) is 0 Å². The van der Waals surface area contributed by atoms with Crippen LogP contribution in [0.2, 0.25) is 0 Å². The maximum absolute atomic E-state index is 6.76. The molecule has 0 N–H and O–H groups in total. The van der Waals surface area contributed by atoms with E-state index in [0.717, 1.165) is 107 Å². The van der Waals surface area contributed by atoms with Gasteiger partial charge in [-0.3, -0.25) is 9.80 Å². The van der Waals surface area contributed by atoms with Crippen molar-refractivity contribution < 1.29 is 14.2 Å². The molecule has 13 aliphatic rings. The zero-order valence-electron chi connectivity index (χ0n) is 57.5. The van der Waals surface area contributed by atoms with Crippen molar-refractivity contribution >= 4 is 0 Å². The van der Waals surface area contributed by atoms with Gasteiger partial charge in [0.15, 0.2) is 0 Å². The minimum atomic E-state index is 0.342. The number of allylic oxidation sites excluding steroid dienone is 3. The highest BCUT2D eigenvalue weighted by molar-refractivity contribution is 5.19. The molecule has 13 saturated carbocycles. The fourth-order valence-electron chi connectivity index (χ4n) is 25.8. The molecule has 0 aromatic carbocycles. The van der Waals surface area contributed by atoms with E-state index >= 15 is 0 Å². The second-order valence-corrected chi connectivity index (χ2v) is 34.5. The van der Waals surface area contributed by atoms with Gasteiger partial charge in [-0.15, -0.1) is 0 Å².